The highest BCUT2D eigenvalue weighted by molar-refractivity contribution is 8.13. The van der Waals surface area contributed by atoms with E-state index in [2.05, 4.69) is 26.1 Å². The number of amidine groups is 1. The summed E-state index contributed by atoms with van der Waals surface area (Å²) in [6.45, 7) is 7.89. The van der Waals surface area contributed by atoms with Gasteiger partial charge in [0.2, 0.25) is 0 Å². The normalized spacial score (nSPS) is 25.1. The number of nitrogens with zero attached hydrogens (tertiary/aromatic N) is 1. The summed E-state index contributed by atoms with van der Waals surface area (Å²) >= 11 is 1.95. The molecule has 0 aromatic rings. The molecule has 1 aliphatic heterocycles. The van der Waals surface area contributed by atoms with E-state index in [1.165, 1.54) is 43.0 Å². The van der Waals surface area contributed by atoms with Crippen LogP contribution in [0.2, 0.25) is 0 Å². The molecular formula is C14H26N2S. The average molecular weight is 254 g/mol. The van der Waals surface area contributed by atoms with E-state index in [0.29, 0.717) is 11.5 Å². The Hall–Kier alpha value is -0.180. The van der Waals surface area contributed by atoms with Crippen molar-refractivity contribution in [1.82, 2.24) is 5.32 Å². The predicted molar refractivity (Wildman–Crippen MR) is 77.7 cm³/mol. The first-order valence-corrected chi connectivity index (χ1v) is 8.02. The van der Waals surface area contributed by atoms with E-state index in [4.69, 9.17) is 4.99 Å². The summed E-state index contributed by atoms with van der Waals surface area (Å²) in [6, 6.07) is 0.555. The molecule has 0 saturated heterocycles. The molecule has 1 fully saturated rings. The standard InChI is InChI=1S/C14H26N2S/c1-11(2)8-12(3)16-13-15-9-14(10-17-13)6-4-5-7-14/h11-12H,4-10H2,1-3H3,(H,15,16). The van der Waals surface area contributed by atoms with E-state index >= 15 is 0 Å². The Labute approximate surface area is 110 Å². The SMILES string of the molecule is CC(C)CC(C)NC1=NCC2(CCCC2)CS1. The highest BCUT2D eigenvalue weighted by Gasteiger charge is 2.36. The van der Waals surface area contributed by atoms with Gasteiger partial charge in [0.15, 0.2) is 5.17 Å². The van der Waals surface area contributed by atoms with Gasteiger partial charge in [-0.2, -0.15) is 0 Å². The van der Waals surface area contributed by atoms with Gasteiger partial charge in [-0.25, -0.2) is 0 Å². The van der Waals surface area contributed by atoms with Gasteiger partial charge in [0.05, 0.1) is 0 Å². The molecule has 17 heavy (non-hydrogen) atoms. The number of thioether (sulfide) groups is 1. The quantitative estimate of drug-likeness (QED) is 0.831. The van der Waals surface area contributed by atoms with Crippen molar-refractivity contribution in [1.29, 1.82) is 0 Å². The van der Waals surface area contributed by atoms with Gasteiger partial charge in [-0.15, -0.1) is 0 Å². The second kappa shape index (κ2) is 5.64. The number of rotatable bonds is 3. The van der Waals surface area contributed by atoms with Crippen molar-refractivity contribution in [3.05, 3.63) is 0 Å². The summed E-state index contributed by atoms with van der Waals surface area (Å²) < 4.78 is 0. The largest absolute Gasteiger partial charge is 0.362 e. The smallest absolute Gasteiger partial charge is 0.156 e. The third-order valence-electron chi connectivity index (χ3n) is 3.93. The molecule has 98 valence electrons. The molecule has 1 unspecified atom stereocenters. The van der Waals surface area contributed by atoms with Gasteiger partial charge in [0.1, 0.15) is 0 Å². The number of nitrogens with one attached hydrogen (secondary N) is 1. The fourth-order valence-corrected chi connectivity index (χ4v) is 4.31. The fourth-order valence-electron chi connectivity index (χ4n) is 3.04. The van der Waals surface area contributed by atoms with E-state index < -0.39 is 0 Å². The van der Waals surface area contributed by atoms with Crippen molar-refractivity contribution in [3.63, 3.8) is 0 Å². The first-order valence-electron chi connectivity index (χ1n) is 7.03. The predicted octanol–water partition coefficient (Wildman–Crippen LogP) is 3.67. The Morgan fingerprint density at radius 1 is 1.29 bits per heavy atom. The third kappa shape index (κ3) is 3.64. The van der Waals surface area contributed by atoms with Crippen LogP contribution < -0.4 is 5.32 Å². The number of hydrogen-bond acceptors (Lipinski definition) is 3. The highest BCUT2D eigenvalue weighted by Crippen LogP contribution is 2.43. The van der Waals surface area contributed by atoms with Gasteiger partial charge in [0.25, 0.3) is 0 Å². The van der Waals surface area contributed by atoms with Crippen molar-refractivity contribution in [2.75, 3.05) is 12.3 Å². The van der Waals surface area contributed by atoms with E-state index in [1.807, 2.05) is 11.8 Å². The van der Waals surface area contributed by atoms with Crippen LogP contribution in [0.15, 0.2) is 4.99 Å². The van der Waals surface area contributed by atoms with E-state index in [1.54, 1.807) is 0 Å². The van der Waals surface area contributed by atoms with Crippen molar-refractivity contribution in [2.24, 2.45) is 16.3 Å². The van der Waals surface area contributed by atoms with Crippen LogP contribution in [0.1, 0.15) is 52.9 Å². The summed E-state index contributed by atoms with van der Waals surface area (Å²) in [5, 5.41) is 4.76. The summed E-state index contributed by atoms with van der Waals surface area (Å²) in [4.78, 5) is 4.78. The minimum Gasteiger partial charge on any atom is -0.362 e. The highest BCUT2D eigenvalue weighted by atomic mass is 32.2. The summed E-state index contributed by atoms with van der Waals surface area (Å²) in [6.07, 6.45) is 6.87. The second-order valence-corrected chi connectivity index (χ2v) is 7.26. The van der Waals surface area contributed by atoms with Gasteiger partial charge < -0.3 is 5.32 Å². The van der Waals surface area contributed by atoms with E-state index in [9.17, 15) is 0 Å². The van der Waals surface area contributed by atoms with Crippen LogP contribution in [-0.4, -0.2) is 23.5 Å². The summed E-state index contributed by atoms with van der Waals surface area (Å²) in [5.41, 5.74) is 0.567. The molecule has 2 rings (SSSR count). The van der Waals surface area contributed by atoms with Crippen LogP contribution in [0.4, 0.5) is 0 Å². The number of aliphatic imine (C=N–C) groups is 1. The molecule has 1 heterocycles. The van der Waals surface area contributed by atoms with E-state index in [0.717, 1.165) is 12.5 Å². The Balaban J connectivity index is 1.82. The van der Waals surface area contributed by atoms with Crippen LogP contribution in [-0.2, 0) is 0 Å². The molecule has 1 N–H and O–H groups in total. The van der Waals surface area contributed by atoms with E-state index in [-0.39, 0.29) is 0 Å². The Kier molecular flexibility index (Phi) is 4.40. The molecule has 2 nitrogen and oxygen atoms in total. The van der Waals surface area contributed by atoms with Gasteiger partial charge in [-0.05, 0) is 37.5 Å². The summed E-state index contributed by atoms with van der Waals surface area (Å²) in [7, 11) is 0. The lowest BCUT2D eigenvalue weighted by atomic mass is 9.89. The van der Waals surface area contributed by atoms with Crippen LogP contribution in [0.3, 0.4) is 0 Å². The molecule has 1 atom stereocenters. The molecule has 0 amide bonds. The van der Waals surface area contributed by atoms with Crippen LogP contribution >= 0.6 is 11.8 Å². The minimum atomic E-state index is 0.555. The topological polar surface area (TPSA) is 24.4 Å². The van der Waals surface area contributed by atoms with Gasteiger partial charge >= 0.3 is 0 Å². The minimum absolute atomic E-state index is 0.555. The molecule has 2 aliphatic rings. The van der Waals surface area contributed by atoms with Crippen molar-refractivity contribution in [2.45, 2.75) is 58.9 Å². The Bertz CT molecular complexity index is 280. The fraction of sp³-hybridized carbons (Fsp3) is 0.929. The molecule has 0 radical (unpaired) electrons. The third-order valence-corrected chi connectivity index (χ3v) is 5.21. The van der Waals surface area contributed by atoms with Gasteiger partial charge in [-0.1, -0.05) is 38.5 Å². The van der Waals surface area contributed by atoms with Crippen LogP contribution in [0.25, 0.3) is 0 Å². The van der Waals surface area contributed by atoms with Crippen molar-refractivity contribution in [3.8, 4) is 0 Å². The number of hydrogen-bond donors (Lipinski definition) is 1. The van der Waals surface area contributed by atoms with Gasteiger partial charge in [-0.3, -0.25) is 4.99 Å². The monoisotopic (exact) mass is 254 g/mol. The average Bonchev–Trinajstić information content (AvgIpc) is 2.69. The maximum absolute atomic E-state index is 4.78. The molecule has 0 aromatic heterocycles. The molecular weight excluding hydrogens is 228 g/mol. The molecule has 1 saturated carbocycles. The first kappa shape index (κ1) is 13.3. The second-order valence-electron chi connectivity index (χ2n) is 6.29. The lowest BCUT2D eigenvalue weighted by Gasteiger charge is -2.32. The zero-order valence-corrected chi connectivity index (χ0v) is 12.3. The van der Waals surface area contributed by atoms with Crippen molar-refractivity contribution < 1.29 is 0 Å². The first-order chi connectivity index (χ1) is 8.10. The molecule has 1 aliphatic carbocycles. The maximum Gasteiger partial charge on any atom is 0.156 e. The summed E-state index contributed by atoms with van der Waals surface area (Å²) in [5.74, 6) is 2.04. The molecule has 1 spiro atoms. The Morgan fingerprint density at radius 2 is 2.00 bits per heavy atom. The van der Waals surface area contributed by atoms with Crippen LogP contribution in [0.5, 0.6) is 0 Å². The zero-order chi connectivity index (χ0) is 12.3. The lowest BCUT2D eigenvalue weighted by Crippen LogP contribution is -2.37. The molecule has 0 bridgehead atoms. The molecule has 3 heteroatoms. The maximum atomic E-state index is 4.78. The Morgan fingerprint density at radius 3 is 2.53 bits per heavy atom. The van der Waals surface area contributed by atoms with Gasteiger partial charge in [0, 0.05) is 18.3 Å². The van der Waals surface area contributed by atoms with Crippen molar-refractivity contribution >= 4 is 16.9 Å². The lowest BCUT2D eigenvalue weighted by molar-refractivity contribution is 0.357. The zero-order valence-electron chi connectivity index (χ0n) is 11.5. The molecule has 0 aromatic carbocycles. The van der Waals surface area contributed by atoms with Crippen LogP contribution in [0, 0.1) is 11.3 Å².